The maximum absolute atomic E-state index is 13.2. The van der Waals surface area contributed by atoms with E-state index in [1.54, 1.807) is 0 Å². The smallest absolute Gasteiger partial charge is 0.756 e. The second-order valence-electron chi connectivity index (χ2n) is 28.2. The maximum Gasteiger partial charge on any atom is 1.00 e. The molecule has 0 spiro atoms. The molecular weight excluding hydrogens is 1440 g/mol. The number of amides is 4. The number of Topliss-reactive ketones (excluding diaryl/α,β-unsaturated/α-hetero) is 2. The number of nitrogens with one attached hydrogen (secondary N) is 4. The normalized spacial score (nSPS) is 13.7. The van der Waals surface area contributed by atoms with Crippen molar-refractivity contribution in [1.82, 2.24) is 21.3 Å². The van der Waals surface area contributed by atoms with E-state index in [1.165, 1.54) is 70.6 Å². The van der Waals surface area contributed by atoms with Gasteiger partial charge in [-0.3, -0.25) is 47.5 Å². The number of esters is 2. The molecule has 0 aliphatic carbocycles. The summed E-state index contributed by atoms with van der Waals surface area (Å²) in [7, 11) is -10.2. The van der Waals surface area contributed by atoms with Gasteiger partial charge in [0.05, 0.1) is 77.8 Å². The first-order valence-electron chi connectivity index (χ1n) is 41.4. The van der Waals surface area contributed by atoms with Gasteiger partial charge in [-0.1, -0.05) is 232 Å². The van der Waals surface area contributed by atoms with E-state index in [0.29, 0.717) is 51.4 Å². The molecule has 4 amide bonds. The van der Waals surface area contributed by atoms with Gasteiger partial charge in [0, 0.05) is 51.6 Å². The molecule has 0 saturated heterocycles. The average molecular weight is 1590 g/mol. The van der Waals surface area contributed by atoms with Crippen LogP contribution in [0.3, 0.4) is 0 Å². The molecule has 108 heavy (non-hydrogen) atoms. The molecule has 0 aromatic heterocycles. The third-order valence-electron chi connectivity index (χ3n) is 17.9. The summed E-state index contributed by atoms with van der Waals surface area (Å²) in [6.45, 7) is 9.35. The summed E-state index contributed by atoms with van der Waals surface area (Å²) in [5.74, 6) is -4.00. The molecule has 0 aliphatic rings. The standard InChI is InChI=1S/C80H148N4O20P2.2Na/c1-7-13-19-25-28-31-34-39-42-48-71(85)62-77(89)83-69(65-97-58-54-73(50-44-37-22-16-10-4)103-79(91)52-46-24-18-12-6)67-101-105(93,94)99-60-56-81-75(87)64-76(88)82-57-61-100-106(95,96)102-68-70(84-78(90)63-72(86)49-43-40-35-32-29-26-20-14-8-2)66-98-59-55-74(51-45-38-23-17-11-5)104-80(92)53-47-41-36-33-30-27-21-15-9-3;;/h12,18,33,36,69-70,73-74H,7-11,13-17,19-32,34-35,37-68H2,1-6H3,(H,81,87)(H,82,88)(H,83,89)(H,84,90)(H,93,94)(H,95,96);;/q;2*+1/p-2/b18-12-,36-33-;;/t69-,70-,73-,74-;;/m1../s1. The van der Waals surface area contributed by atoms with Gasteiger partial charge in [-0.15, -0.1) is 0 Å². The second kappa shape index (κ2) is 78.7. The SMILES string of the molecule is C/C=C\CCCC(=O)O[C@H](CCCCCCC)CCOC[C@H](COP(=O)([O-])OCCNC(=O)CC(=O)NCCOP(=O)([O-])OC[C@@H](COCC[C@@H](CCCCCCC)OC(=O)CCC/C=C\CCCCCC)NC(=O)CC(=O)CCCCCCCCCCC)NC(=O)CC(=O)CCCCCCCCCCC.[Na+].[Na+]. The number of ether oxygens (including phenoxy) is 4. The van der Waals surface area contributed by atoms with Crippen LogP contribution < -0.4 is 90.2 Å². The maximum atomic E-state index is 13.2. The number of carbonyl (C=O) groups excluding carboxylic acids is 8. The minimum Gasteiger partial charge on any atom is -0.756 e. The van der Waals surface area contributed by atoms with Gasteiger partial charge in [-0.25, -0.2) is 0 Å². The predicted octanol–water partition coefficient (Wildman–Crippen LogP) is 10.2. The Hall–Kier alpha value is -2.22. The fourth-order valence-corrected chi connectivity index (χ4v) is 13.2. The van der Waals surface area contributed by atoms with Crippen LogP contribution in [0.2, 0.25) is 0 Å². The van der Waals surface area contributed by atoms with Crippen molar-refractivity contribution in [2.75, 3.05) is 65.9 Å². The van der Waals surface area contributed by atoms with Crippen molar-refractivity contribution in [2.45, 2.75) is 374 Å². The number of rotatable bonds is 79. The van der Waals surface area contributed by atoms with Crippen LogP contribution in [0.1, 0.15) is 350 Å². The third kappa shape index (κ3) is 75.2. The van der Waals surface area contributed by atoms with Crippen LogP contribution >= 0.6 is 15.6 Å². The van der Waals surface area contributed by atoms with Gasteiger partial charge in [-0.05, 0) is 84.0 Å². The summed E-state index contributed by atoms with van der Waals surface area (Å²) in [5, 5.41) is 10.1. The van der Waals surface area contributed by atoms with Crippen LogP contribution in [0.15, 0.2) is 24.3 Å². The molecule has 24 nitrogen and oxygen atoms in total. The third-order valence-corrected chi connectivity index (χ3v) is 19.8. The number of phosphoric ester groups is 2. The van der Waals surface area contributed by atoms with Gasteiger partial charge < -0.3 is 68.1 Å². The average Bonchev–Trinajstić information content (AvgIpc) is 0.921. The largest absolute Gasteiger partial charge is 1.00 e. The van der Waals surface area contributed by atoms with Crippen molar-refractivity contribution in [3.63, 3.8) is 0 Å². The number of carbonyl (C=O) groups is 8. The molecule has 618 valence electrons. The Labute approximate surface area is 696 Å². The van der Waals surface area contributed by atoms with E-state index in [9.17, 15) is 57.3 Å². The van der Waals surface area contributed by atoms with Crippen molar-refractivity contribution < 1.29 is 153 Å². The molecule has 0 aromatic carbocycles. The fourth-order valence-electron chi connectivity index (χ4n) is 11.7. The Balaban J connectivity index is -0.0000551. The number of ketones is 2. The number of hydrogen-bond donors (Lipinski definition) is 4. The molecule has 0 bridgehead atoms. The van der Waals surface area contributed by atoms with Crippen molar-refractivity contribution in [1.29, 1.82) is 0 Å². The van der Waals surface area contributed by atoms with Gasteiger partial charge in [0.2, 0.25) is 23.6 Å². The molecule has 6 atom stereocenters. The number of unbranched alkanes of at least 4 members (excludes halogenated alkanes) is 30. The van der Waals surface area contributed by atoms with Crippen LogP contribution in [0.4, 0.5) is 0 Å². The van der Waals surface area contributed by atoms with E-state index in [0.717, 1.165) is 141 Å². The molecule has 0 aromatic rings. The summed E-state index contributed by atoms with van der Waals surface area (Å²) in [6.07, 6.45) is 47.0. The molecule has 0 rings (SSSR count). The molecule has 28 heteroatoms. The fraction of sp³-hybridized carbons (Fsp3) is 0.850. The quantitative estimate of drug-likeness (QED) is 0.0110. The van der Waals surface area contributed by atoms with Crippen LogP contribution in [-0.4, -0.2) is 137 Å². The van der Waals surface area contributed by atoms with Crippen LogP contribution in [0, 0.1) is 0 Å². The first kappa shape index (κ1) is 110. The minimum absolute atomic E-state index is 0. The van der Waals surface area contributed by atoms with Crippen molar-refractivity contribution in [3.05, 3.63) is 24.3 Å². The zero-order valence-corrected chi connectivity index (χ0v) is 74.5. The summed E-state index contributed by atoms with van der Waals surface area (Å²) >= 11 is 0. The number of allylic oxidation sites excluding steroid dienone is 4. The van der Waals surface area contributed by atoms with Crippen molar-refractivity contribution >= 4 is 62.8 Å². The molecule has 0 heterocycles. The summed E-state index contributed by atoms with van der Waals surface area (Å²) in [5.41, 5.74) is 0. The Kier molecular flexibility index (Phi) is 80.1. The Bertz CT molecular complexity index is 2420. The van der Waals surface area contributed by atoms with Gasteiger partial charge in [0.25, 0.3) is 15.6 Å². The summed E-state index contributed by atoms with van der Waals surface area (Å²) in [4.78, 5) is 129. The molecular formula is C80H146N4Na2O20P2. The molecule has 4 N–H and O–H groups in total. The van der Waals surface area contributed by atoms with E-state index < -0.39 is 109 Å². The summed E-state index contributed by atoms with van der Waals surface area (Å²) < 4.78 is 69.9. The number of phosphoric acid groups is 2. The first-order valence-corrected chi connectivity index (χ1v) is 44.3. The van der Waals surface area contributed by atoms with Gasteiger partial charge >= 0.3 is 71.1 Å². The monoisotopic (exact) mass is 1590 g/mol. The minimum atomic E-state index is -5.08. The number of hydrogen-bond acceptors (Lipinski definition) is 20. The molecule has 0 aliphatic heterocycles. The topological polar surface area (TPSA) is 339 Å². The van der Waals surface area contributed by atoms with E-state index in [4.69, 9.17) is 37.0 Å². The van der Waals surface area contributed by atoms with Gasteiger partial charge in [0.1, 0.15) is 30.2 Å². The zero-order valence-electron chi connectivity index (χ0n) is 68.7. The Morgan fingerprint density at radius 3 is 1.04 bits per heavy atom. The van der Waals surface area contributed by atoms with E-state index in [1.807, 2.05) is 19.1 Å². The molecule has 0 radical (unpaired) electrons. The molecule has 0 fully saturated rings. The predicted molar refractivity (Wildman–Crippen MR) is 414 cm³/mol. The summed E-state index contributed by atoms with van der Waals surface area (Å²) in [6, 6.07) is -2.08. The van der Waals surface area contributed by atoms with E-state index in [-0.39, 0.29) is 148 Å². The van der Waals surface area contributed by atoms with Crippen LogP contribution in [0.5, 0.6) is 0 Å². The van der Waals surface area contributed by atoms with E-state index in [2.05, 4.69) is 68.0 Å². The van der Waals surface area contributed by atoms with Crippen molar-refractivity contribution in [3.8, 4) is 0 Å². The van der Waals surface area contributed by atoms with Gasteiger partial charge in [-0.2, -0.15) is 0 Å². The van der Waals surface area contributed by atoms with Gasteiger partial charge in [0.15, 0.2) is 0 Å². The van der Waals surface area contributed by atoms with Crippen LogP contribution in [-0.2, 0) is 84.5 Å². The van der Waals surface area contributed by atoms with E-state index >= 15 is 0 Å². The van der Waals surface area contributed by atoms with Crippen LogP contribution in [0.25, 0.3) is 0 Å². The molecule has 2 unspecified atom stereocenters. The molecule has 0 saturated carbocycles. The first-order chi connectivity index (χ1) is 51.2. The van der Waals surface area contributed by atoms with Crippen molar-refractivity contribution in [2.24, 2.45) is 0 Å². The zero-order chi connectivity index (χ0) is 78.3. The Morgan fingerprint density at radius 1 is 0.352 bits per heavy atom. The second-order valence-corrected chi connectivity index (χ2v) is 31.0. The Morgan fingerprint density at radius 2 is 0.676 bits per heavy atom.